The topological polar surface area (TPSA) is 53.4 Å². The van der Waals surface area contributed by atoms with E-state index in [2.05, 4.69) is 40.7 Å². The van der Waals surface area contributed by atoms with Gasteiger partial charge in [-0.05, 0) is 34.7 Å². The standard InChI is InChI=1S/C16H29N5O/c1-12(2)18-16(22)20-7-6-15-17-10-14(21(15)9-8-20)11-19(5)13(3)4/h10,12-13H,6-9,11H2,1-5H3,(H,18,22). The second-order valence-electron chi connectivity index (χ2n) is 6.67. The lowest BCUT2D eigenvalue weighted by atomic mass is 10.3. The van der Waals surface area contributed by atoms with Crippen molar-refractivity contribution in [3.8, 4) is 0 Å². The van der Waals surface area contributed by atoms with Gasteiger partial charge in [-0.25, -0.2) is 9.78 Å². The number of imidazole rings is 1. The third-order valence-electron chi connectivity index (χ3n) is 4.21. The van der Waals surface area contributed by atoms with Crippen molar-refractivity contribution in [1.29, 1.82) is 0 Å². The van der Waals surface area contributed by atoms with Crippen LogP contribution in [0.4, 0.5) is 4.79 Å². The summed E-state index contributed by atoms with van der Waals surface area (Å²) in [6.45, 7) is 11.5. The Morgan fingerprint density at radius 1 is 1.32 bits per heavy atom. The number of fused-ring (bicyclic) bond motifs is 1. The largest absolute Gasteiger partial charge is 0.336 e. The fourth-order valence-electron chi connectivity index (χ4n) is 2.60. The Morgan fingerprint density at radius 2 is 2.05 bits per heavy atom. The Labute approximate surface area is 133 Å². The van der Waals surface area contributed by atoms with Crippen LogP contribution in [0.25, 0.3) is 0 Å². The second-order valence-corrected chi connectivity index (χ2v) is 6.67. The van der Waals surface area contributed by atoms with Crippen LogP contribution in [0.15, 0.2) is 6.20 Å². The van der Waals surface area contributed by atoms with Crippen LogP contribution in [0.5, 0.6) is 0 Å². The molecule has 0 bridgehead atoms. The van der Waals surface area contributed by atoms with Crippen molar-refractivity contribution in [2.45, 2.75) is 59.3 Å². The van der Waals surface area contributed by atoms with Crippen LogP contribution in [-0.2, 0) is 19.5 Å². The molecule has 2 rings (SSSR count). The van der Waals surface area contributed by atoms with Gasteiger partial charge < -0.3 is 14.8 Å². The molecule has 124 valence electrons. The van der Waals surface area contributed by atoms with Crippen molar-refractivity contribution in [2.24, 2.45) is 0 Å². The maximum Gasteiger partial charge on any atom is 0.317 e. The highest BCUT2D eigenvalue weighted by atomic mass is 16.2. The molecular weight excluding hydrogens is 278 g/mol. The summed E-state index contributed by atoms with van der Waals surface area (Å²) in [5.41, 5.74) is 1.23. The van der Waals surface area contributed by atoms with E-state index in [1.165, 1.54) is 5.69 Å². The molecule has 1 N–H and O–H groups in total. The Kier molecular flexibility index (Phi) is 5.45. The van der Waals surface area contributed by atoms with Gasteiger partial charge in [0.15, 0.2) is 0 Å². The van der Waals surface area contributed by atoms with Crippen LogP contribution in [0, 0.1) is 0 Å². The molecule has 1 aliphatic heterocycles. The van der Waals surface area contributed by atoms with Crippen LogP contribution in [0.1, 0.15) is 39.2 Å². The van der Waals surface area contributed by atoms with Gasteiger partial charge in [0.1, 0.15) is 5.82 Å². The van der Waals surface area contributed by atoms with Crippen molar-refractivity contribution in [3.63, 3.8) is 0 Å². The van der Waals surface area contributed by atoms with Crippen LogP contribution < -0.4 is 5.32 Å². The number of hydrogen-bond acceptors (Lipinski definition) is 3. The van der Waals surface area contributed by atoms with E-state index in [-0.39, 0.29) is 12.1 Å². The number of hydrogen-bond donors (Lipinski definition) is 1. The van der Waals surface area contributed by atoms with Gasteiger partial charge in [0, 0.05) is 50.9 Å². The molecule has 0 radical (unpaired) electrons. The van der Waals surface area contributed by atoms with Gasteiger partial charge in [-0.1, -0.05) is 0 Å². The molecule has 0 saturated heterocycles. The molecule has 1 aromatic rings. The molecule has 0 atom stereocenters. The zero-order chi connectivity index (χ0) is 16.3. The molecule has 2 amide bonds. The van der Waals surface area contributed by atoms with Gasteiger partial charge >= 0.3 is 6.03 Å². The minimum atomic E-state index is 0.0293. The Morgan fingerprint density at radius 3 is 2.68 bits per heavy atom. The summed E-state index contributed by atoms with van der Waals surface area (Å²) in [6.07, 6.45) is 2.80. The first-order chi connectivity index (χ1) is 10.4. The molecule has 1 aromatic heterocycles. The lowest BCUT2D eigenvalue weighted by Gasteiger charge is -2.23. The van der Waals surface area contributed by atoms with E-state index in [9.17, 15) is 4.79 Å². The third kappa shape index (κ3) is 4.00. The Balaban J connectivity index is 2.03. The van der Waals surface area contributed by atoms with Crippen molar-refractivity contribution in [3.05, 3.63) is 17.7 Å². The number of aromatic nitrogens is 2. The highest BCUT2D eigenvalue weighted by Gasteiger charge is 2.21. The monoisotopic (exact) mass is 307 g/mol. The van der Waals surface area contributed by atoms with Crippen molar-refractivity contribution in [2.75, 3.05) is 20.1 Å². The summed E-state index contributed by atoms with van der Waals surface area (Å²) in [7, 11) is 2.13. The molecule has 6 nitrogen and oxygen atoms in total. The Bertz CT molecular complexity index is 509. The highest BCUT2D eigenvalue weighted by Crippen LogP contribution is 2.14. The average Bonchev–Trinajstić information content (AvgIpc) is 2.68. The number of amides is 2. The molecule has 2 heterocycles. The van der Waals surface area contributed by atoms with Crippen LogP contribution in [0.3, 0.4) is 0 Å². The molecule has 0 aliphatic carbocycles. The lowest BCUT2D eigenvalue weighted by molar-refractivity contribution is 0.196. The van der Waals surface area contributed by atoms with E-state index in [4.69, 9.17) is 0 Å². The summed E-state index contributed by atoms with van der Waals surface area (Å²) in [6, 6.07) is 0.704. The van der Waals surface area contributed by atoms with Crippen molar-refractivity contribution >= 4 is 6.03 Å². The molecule has 0 fully saturated rings. The number of nitrogens with one attached hydrogen (secondary N) is 1. The number of urea groups is 1. The number of carbonyl (C=O) groups excluding carboxylic acids is 1. The van der Waals surface area contributed by atoms with Crippen molar-refractivity contribution < 1.29 is 4.79 Å². The average molecular weight is 307 g/mol. The minimum Gasteiger partial charge on any atom is -0.336 e. The predicted octanol–water partition coefficient (Wildman–Crippen LogP) is 1.70. The van der Waals surface area contributed by atoms with Gasteiger partial charge in [0.05, 0.1) is 5.69 Å². The van der Waals surface area contributed by atoms with E-state index < -0.39 is 0 Å². The SMILES string of the molecule is CC(C)NC(=O)N1CCc2ncc(CN(C)C(C)C)n2CC1. The van der Waals surface area contributed by atoms with Crippen LogP contribution in [-0.4, -0.2) is 57.6 Å². The van der Waals surface area contributed by atoms with Gasteiger partial charge in [0.2, 0.25) is 0 Å². The first kappa shape index (κ1) is 16.8. The van der Waals surface area contributed by atoms with Crippen molar-refractivity contribution in [1.82, 2.24) is 24.7 Å². The number of carbonyl (C=O) groups is 1. The molecule has 0 aromatic carbocycles. The van der Waals surface area contributed by atoms with E-state index in [0.29, 0.717) is 6.04 Å². The first-order valence-electron chi connectivity index (χ1n) is 8.17. The van der Waals surface area contributed by atoms with E-state index in [1.807, 2.05) is 24.9 Å². The smallest absolute Gasteiger partial charge is 0.317 e. The molecule has 0 saturated carbocycles. The van der Waals surface area contributed by atoms with Gasteiger partial charge in [-0.15, -0.1) is 0 Å². The van der Waals surface area contributed by atoms with E-state index in [1.54, 1.807) is 0 Å². The molecule has 1 aliphatic rings. The van der Waals surface area contributed by atoms with E-state index in [0.717, 1.165) is 38.4 Å². The molecule has 6 heteroatoms. The normalized spacial score (nSPS) is 15.4. The summed E-state index contributed by atoms with van der Waals surface area (Å²) >= 11 is 0. The Hall–Kier alpha value is -1.56. The van der Waals surface area contributed by atoms with Gasteiger partial charge in [-0.2, -0.15) is 0 Å². The zero-order valence-corrected chi connectivity index (χ0v) is 14.5. The quantitative estimate of drug-likeness (QED) is 0.921. The maximum atomic E-state index is 12.2. The zero-order valence-electron chi connectivity index (χ0n) is 14.5. The predicted molar refractivity (Wildman–Crippen MR) is 87.8 cm³/mol. The first-order valence-corrected chi connectivity index (χ1v) is 8.17. The van der Waals surface area contributed by atoms with Gasteiger partial charge in [-0.3, -0.25) is 4.90 Å². The molecular formula is C16H29N5O. The number of nitrogens with zero attached hydrogens (tertiary/aromatic N) is 4. The fourth-order valence-corrected chi connectivity index (χ4v) is 2.60. The fraction of sp³-hybridized carbons (Fsp3) is 0.750. The summed E-state index contributed by atoms with van der Waals surface area (Å²) in [5, 5.41) is 2.97. The lowest BCUT2D eigenvalue weighted by Crippen LogP contribution is -2.44. The van der Waals surface area contributed by atoms with Gasteiger partial charge in [0.25, 0.3) is 0 Å². The second kappa shape index (κ2) is 7.13. The van der Waals surface area contributed by atoms with Crippen LogP contribution in [0.2, 0.25) is 0 Å². The summed E-state index contributed by atoms with van der Waals surface area (Å²) in [5.74, 6) is 1.09. The van der Waals surface area contributed by atoms with E-state index >= 15 is 0 Å². The molecule has 0 spiro atoms. The summed E-state index contributed by atoms with van der Waals surface area (Å²) in [4.78, 5) is 20.9. The minimum absolute atomic E-state index is 0.0293. The highest BCUT2D eigenvalue weighted by molar-refractivity contribution is 5.74. The number of rotatable bonds is 4. The molecule has 0 unspecified atom stereocenters. The van der Waals surface area contributed by atoms with Crippen LogP contribution >= 0.6 is 0 Å². The maximum absolute atomic E-state index is 12.2. The molecule has 22 heavy (non-hydrogen) atoms. The third-order valence-corrected chi connectivity index (χ3v) is 4.21. The summed E-state index contributed by atoms with van der Waals surface area (Å²) < 4.78 is 2.28.